The number of rotatable bonds is 2. The lowest BCUT2D eigenvalue weighted by Gasteiger charge is -2.10. The molecule has 0 saturated heterocycles. The highest BCUT2D eigenvalue weighted by Crippen LogP contribution is 2.20. The summed E-state index contributed by atoms with van der Waals surface area (Å²) in [5, 5.41) is 0.636. The molecule has 0 fully saturated rings. The van der Waals surface area contributed by atoms with Crippen molar-refractivity contribution >= 4 is 35.0 Å². The molecule has 2 aromatic carbocycles. The van der Waals surface area contributed by atoms with E-state index in [1.165, 1.54) is 12.1 Å². The van der Waals surface area contributed by atoms with Crippen LogP contribution in [0.3, 0.4) is 0 Å². The molecule has 6 heteroatoms. The van der Waals surface area contributed by atoms with Crippen molar-refractivity contribution in [3.63, 3.8) is 0 Å². The van der Waals surface area contributed by atoms with Crippen molar-refractivity contribution in [1.29, 1.82) is 0 Å². The summed E-state index contributed by atoms with van der Waals surface area (Å²) in [5.41, 5.74) is 7.40. The molecule has 0 aliphatic rings. The van der Waals surface area contributed by atoms with Crippen molar-refractivity contribution in [2.24, 2.45) is 0 Å². The normalized spacial score (nSPS) is 10.2. The molecule has 114 valence electrons. The lowest BCUT2D eigenvalue weighted by atomic mass is 10.1. The molecular formula is C16H14Cl2N2O2. The van der Waals surface area contributed by atoms with Gasteiger partial charge in [0.15, 0.2) is 0 Å². The van der Waals surface area contributed by atoms with Gasteiger partial charge < -0.3 is 0 Å². The van der Waals surface area contributed by atoms with E-state index in [-0.39, 0.29) is 10.6 Å². The minimum atomic E-state index is -0.537. The third kappa shape index (κ3) is 3.78. The Morgan fingerprint density at radius 2 is 1.55 bits per heavy atom. The van der Waals surface area contributed by atoms with Gasteiger partial charge in [-0.25, -0.2) is 0 Å². The van der Waals surface area contributed by atoms with Crippen LogP contribution in [0.1, 0.15) is 31.8 Å². The summed E-state index contributed by atoms with van der Waals surface area (Å²) in [5.74, 6) is -0.945. The zero-order valence-electron chi connectivity index (χ0n) is 12.0. The van der Waals surface area contributed by atoms with Crippen LogP contribution in [0.2, 0.25) is 10.0 Å². The monoisotopic (exact) mass is 336 g/mol. The van der Waals surface area contributed by atoms with Crippen molar-refractivity contribution < 1.29 is 9.59 Å². The van der Waals surface area contributed by atoms with Gasteiger partial charge in [0.1, 0.15) is 0 Å². The molecular weight excluding hydrogens is 323 g/mol. The Morgan fingerprint density at radius 1 is 0.864 bits per heavy atom. The van der Waals surface area contributed by atoms with Crippen molar-refractivity contribution in [1.82, 2.24) is 10.9 Å². The first kappa shape index (κ1) is 16.3. The quantitative estimate of drug-likeness (QED) is 0.821. The number of aryl methyl sites for hydroxylation is 2. The maximum atomic E-state index is 12.0. The van der Waals surface area contributed by atoms with Crippen LogP contribution in [0, 0.1) is 13.8 Å². The first-order chi connectivity index (χ1) is 10.4. The van der Waals surface area contributed by atoms with Gasteiger partial charge in [0.2, 0.25) is 0 Å². The van der Waals surface area contributed by atoms with Gasteiger partial charge in [-0.05, 0) is 55.3 Å². The minimum Gasteiger partial charge on any atom is -0.267 e. The Labute approximate surface area is 138 Å². The third-order valence-corrected chi connectivity index (χ3v) is 3.80. The summed E-state index contributed by atoms with van der Waals surface area (Å²) in [6, 6.07) is 9.82. The molecule has 2 N–H and O–H groups in total. The third-order valence-electron chi connectivity index (χ3n) is 3.23. The van der Waals surface area contributed by atoms with Crippen molar-refractivity contribution in [3.05, 3.63) is 68.7 Å². The van der Waals surface area contributed by atoms with Gasteiger partial charge in [-0.1, -0.05) is 29.3 Å². The second-order valence-electron chi connectivity index (χ2n) is 4.83. The average Bonchev–Trinajstić information content (AvgIpc) is 2.49. The molecule has 0 heterocycles. The lowest BCUT2D eigenvalue weighted by molar-refractivity contribution is 0.0846. The Hall–Kier alpha value is -2.04. The topological polar surface area (TPSA) is 58.2 Å². The van der Waals surface area contributed by atoms with Gasteiger partial charge in [0.05, 0.1) is 10.6 Å². The van der Waals surface area contributed by atoms with E-state index in [0.717, 1.165) is 11.1 Å². The van der Waals surface area contributed by atoms with Crippen LogP contribution in [0.25, 0.3) is 0 Å². The van der Waals surface area contributed by atoms with E-state index in [0.29, 0.717) is 10.6 Å². The highest BCUT2D eigenvalue weighted by molar-refractivity contribution is 6.35. The standard InChI is InChI=1S/C16H14Cl2N2O2/c1-9-3-4-11(7-10(9)2)15(21)19-20-16(22)13-8-12(17)5-6-14(13)18/h3-8H,1-2H3,(H,19,21)(H,20,22). The number of hydrazine groups is 1. The summed E-state index contributed by atoms with van der Waals surface area (Å²) in [6.07, 6.45) is 0. The van der Waals surface area contributed by atoms with Crippen LogP contribution in [-0.4, -0.2) is 11.8 Å². The van der Waals surface area contributed by atoms with Crippen molar-refractivity contribution in [3.8, 4) is 0 Å². The van der Waals surface area contributed by atoms with Crippen LogP contribution in [0.5, 0.6) is 0 Å². The SMILES string of the molecule is Cc1ccc(C(=O)NNC(=O)c2cc(Cl)ccc2Cl)cc1C. The van der Waals surface area contributed by atoms with Gasteiger partial charge in [-0.2, -0.15) is 0 Å². The Bertz CT molecular complexity index is 745. The summed E-state index contributed by atoms with van der Waals surface area (Å²) in [7, 11) is 0. The molecule has 0 atom stereocenters. The second kappa shape index (κ2) is 6.81. The molecule has 22 heavy (non-hydrogen) atoms. The van der Waals surface area contributed by atoms with E-state index in [2.05, 4.69) is 10.9 Å². The number of hydrogen-bond donors (Lipinski definition) is 2. The smallest absolute Gasteiger partial charge is 0.267 e. The fourth-order valence-electron chi connectivity index (χ4n) is 1.81. The van der Waals surface area contributed by atoms with E-state index in [4.69, 9.17) is 23.2 Å². The van der Waals surface area contributed by atoms with E-state index in [1.54, 1.807) is 18.2 Å². The summed E-state index contributed by atoms with van der Waals surface area (Å²) in [6.45, 7) is 3.87. The minimum absolute atomic E-state index is 0.189. The molecule has 2 rings (SSSR count). The number of hydrogen-bond acceptors (Lipinski definition) is 2. The molecule has 0 aromatic heterocycles. The highest BCUT2D eigenvalue weighted by Gasteiger charge is 2.13. The Morgan fingerprint density at radius 3 is 2.23 bits per heavy atom. The van der Waals surface area contributed by atoms with Gasteiger partial charge >= 0.3 is 0 Å². The molecule has 0 radical (unpaired) electrons. The summed E-state index contributed by atoms with van der Waals surface area (Å²) >= 11 is 11.8. The predicted molar refractivity (Wildman–Crippen MR) is 87.3 cm³/mol. The van der Waals surface area contributed by atoms with Gasteiger partial charge in [-0.3, -0.25) is 20.4 Å². The summed E-state index contributed by atoms with van der Waals surface area (Å²) < 4.78 is 0. The zero-order valence-corrected chi connectivity index (χ0v) is 13.5. The lowest BCUT2D eigenvalue weighted by Crippen LogP contribution is -2.41. The highest BCUT2D eigenvalue weighted by atomic mass is 35.5. The molecule has 4 nitrogen and oxygen atoms in total. The molecule has 0 aliphatic carbocycles. The van der Waals surface area contributed by atoms with Crippen molar-refractivity contribution in [2.45, 2.75) is 13.8 Å². The number of carbonyl (C=O) groups is 2. The molecule has 0 aliphatic heterocycles. The first-order valence-electron chi connectivity index (χ1n) is 6.51. The van der Waals surface area contributed by atoms with E-state index in [9.17, 15) is 9.59 Å². The number of carbonyl (C=O) groups excluding carboxylic acids is 2. The van der Waals surface area contributed by atoms with Gasteiger partial charge in [-0.15, -0.1) is 0 Å². The molecule has 0 unspecified atom stereocenters. The molecule has 0 spiro atoms. The zero-order chi connectivity index (χ0) is 16.3. The molecule has 0 bridgehead atoms. The predicted octanol–water partition coefficient (Wildman–Crippen LogP) is 3.69. The number of amides is 2. The largest absolute Gasteiger partial charge is 0.271 e. The van der Waals surface area contributed by atoms with Crippen LogP contribution in [0.15, 0.2) is 36.4 Å². The Kier molecular flexibility index (Phi) is 5.06. The van der Waals surface area contributed by atoms with Crippen molar-refractivity contribution in [2.75, 3.05) is 0 Å². The maximum Gasteiger partial charge on any atom is 0.271 e. The van der Waals surface area contributed by atoms with Crippen LogP contribution in [0.4, 0.5) is 0 Å². The fraction of sp³-hybridized carbons (Fsp3) is 0.125. The number of nitrogens with one attached hydrogen (secondary N) is 2. The van der Waals surface area contributed by atoms with E-state index >= 15 is 0 Å². The van der Waals surface area contributed by atoms with Gasteiger partial charge in [0.25, 0.3) is 11.8 Å². The van der Waals surface area contributed by atoms with Crippen LogP contribution < -0.4 is 10.9 Å². The average molecular weight is 337 g/mol. The number of benzene rings is 2. The molecule has 2 amide bonds. The first-order valence-corrected chi connectivity index (χ1v) is 7.27. The van der Waals surface area contributed by atoms with Gasteiger partial charge in [0, 0.05) is 10.6 Å². The Balaban J connectivity index is 2.05. The fourth-order valence-corrected chi connectivity index (χ4v) is 2.18. The molecule has 2 aromatic rings. The number of halogens is 2. The van der Waals surface area contributed by atoms with E-state index in [1.807, 2.05) is 19.9 Å². The summed E-state index contributed by atoms with van der Waals surface area (Å²) in [4.78, 5) is 24.0. The molecule has 0 saturated carbocycles. The second-order valence-corrected chi connectivity index (χ2v) is 5.68. The maximum absolute atomic E-state index is 12.0. The van der Waals surface area contributed by atoms with Crippen LogP contribution in [-0.2, 0) is 0 Å². The van der Waals surface area contributed by atoms with E-state index < -0.39 is 11.8 Å². The van der Waals surface area contributed by atoms with Crippen LogP contribution >= 0.6 is 23.2 Å².